The van der Waals surface area contributed by atoms with Gasteiger partial charge in [-0.25, -0.2) is 0 Å². The van der Waals surface area contributed by atoms with Crippen LogP contribution in [0.2, 0.25) is 5.02 Å². The third kappa shape index (κ3) is 5.40. The fourth-order valence-corrected chi connectivity index (χ4v) is 3.27. The molecule has 23 heavy (non-hydrogen) atoms. The molecule has 0 saturated heterocycles. The molecule has 0 aliphatic rings. The summed E-state index contributed by atoms with van der Waals surface area (Å²) in [6, 6.07) is 10.1. The van der Waals surface area contributed by atoms with E-state index in [0.29, 0.717) is 5.41 Å². The van der Waals surface area contributed by atoms with E-state index in [9.17, 15) is 0 Å². The number of hydrogen-bond donors (Lipinski definition) is 1. The lowest BCUT2D eigenvalue weighted by Gasteiger charge is -2.33. The standard InChI is InChI=1S/C20H28ClNO/c1-14-7-8-15(11-17(14)21)18-10-9-16(23-18)12-22-20(5,6)13-19(2,3)4/h7-11,22H,12-13H2,1-6H3. The summed E-state index contributed by atoms with van der Waals surface area (Å²) in [5.41, 5.74) is 2.45. The fraction of sp³-hybridized carbons (Fsp3) is 0.500. The van der Waals surface area contributed by atoms with Gasteiger partial charge in [0.2, 0.25) is 0 Å². The molecule has 1 heterocycles. The van der Waals surface area contributed by atoms with Crippen LogP contribution in [-0.4, -0.2) is 5.54 Å². The van der Waals surface area contributed by atoms with Crippen molar-refractivity contribution in [2.75, 3.05) is 0 Å². The Bertz CT molecular complexity index is 665. The van der Waals surface area contributed by atoms with Gasteiger partial charge < -0.3 is 9.73 Å². The van der Waals surface area contributed by atoms with E-state index < -0.39 is 0 Å². The van der Waals surface area contributed by atoms with Crippen molar-refractivity contribution in [2.24, 2.45) is 5.41 Å². The highest BCUT2D eigenvalue weighted by Crippen LogP contribution is 2.29. The predicted octanol–water partition coefficient (Wildman–Crippen LogP) is 6.21. The Morgan fingerprint density at radius 3 is 2.35 bits per heavy atom. The number of halogens is 1. The van der Waals surface area contributed by atoms with Crippen LogP contribution in [0, 0.1) is 12.3 Å². The number of hydrogen-bond acceptors (Lipinski definition) is 2. The van der Waals surface area contributed by atoms with E-state index in [4.69, 9.17) is 16.0 Å². The van der Waals surface area contributed by atoms with Crippen molar-refractivity contribution >= 4 is 11.6 Å². The van der Waals surface area contributed by atoms with Gasteiger partial charge in [0, 0.05) is 16.1 Å². The number of benzene rings is 1. The average molecular weight is 334 g/mol. The number of aryl methyl sites for hydroxylation is 1. The van der Waals surface area contributed by atoms with Crippen molar-refractivity contribution < 1.29 is 4.42 Å². The first-order chi connectivity index (χ1) is 10.6. The fourth-order valence-electron chi connectivity index (χ4n) is 3.09. The summed E-state index contributed by atoms with van der Waals surface area (Å²) in [5, 5.41) is 4.37. The van der Waals surface area contributed by atoms with Gasteiger partial charge >= 0.3 is 0 Å². The molecule has 0 unspecified atom stereocenters. The Morgan fingerprint density at radius 1 is 1.04 bits per heavy atom. The molecule has 126 valence electrons. The summed E-state index contributed by atoms with van der Waals surface area (Å²) >= 11 is 6.20. The van der Waals surface area contributed by atoms with E-state index in [1.165, 1.54) is 0 Å². The highest BCUT2D eigenvalue weighted by Gasteiger charge is 2.25. The molecule has 2 rings (SSSR count). The molecule has 0 spiro atoms. The summed E-state index contributed by atoms with van der Waals surface area (Å²) in [5.74, 6) is 1.80. The van der Waals surface area contributed by atoms with E-state index in [-0.39, 0.29) is 5.54 Å². The molecule has 2 nitrogen and oxygen atoms in total. The molecular weight excluding hydrogens is 306 g/mol. The van der Waals surface area contributed by atoms with Gasteiger partial charge in [-0.05, 0) is 56.4 Å². The molecule has 1 aromatic carbocycles. The Kier molecular flexibility index (Phi) is 5.27. The normalized spacial score (nSPS) is 12.7. The molecule has 3 heteroatoms. The van der Waals surface area contributed by atoms with Crippen LogP contribution in [0.15, 0.2) is 34.7 Å². The maximum atomic E-state index is 6.20. The quantitative estimate of drug-likeness (QED) is 0.703. The predicted molar refractivity (Wildman–Crippen MR) is 98.9 cm³/mol. The highest BCUT2D eigenvalue weighted by atomic mass is 35.5. The van der Waals surface area contributed by atoms with Crippen molar-refractivity contribution in [1.82, 2.24) is 5.32 Å². The number of nitrogens with one attached hydrogen (secondary N) is 1. The van der Waals surface area contributed by atoms with E-state index >= 15 is 0 Å². The van der Waals surface area contributed by atoms with Gasteiger partial charge in [0.1, 0.15) is 11.5 Å². The summed E-state index contributed by atoms with van der Waals surface area (Å²) in [7, 11) is 0. The molecule has 0 atom stereocenters. The first-order valence-corrected chi connectivity index (χ1v) is 8.54. The van der Waals surface area contributed by atoms with Crippen LogP contribution in [0.5, 0.6) is 0 Å². The van der Waals surface area contributed by atoms with Crippen molar-refractivity contribution in [1.29, 1.82) is 0 Å². The summed E-state index contributed by atoms with van der Waals surface area (Å²) in [4.78, 5) is 0. The first kappa shape index (κ1) is 18.1. The minimum Gasteiger partial charge on any atom is -0.460 e. The lowest BCUT2D eigenvalue weighted by atomic mass is 9.82. The molecule has 0 bridgehead atoms. The number of furan rings is 1. The zero-order chi connectivity index (χ0) is 17.3. The zero-order valence-corrected chi connectivity index (χ0v) is 15.8. The topological polar surface area (TPSA) is 25.2 Å². The van der Waals surface area contributed by atoms with Crippen molar-refractivity contribution in [2.45, 2.75) is 60.0 Å². The Balaban J connectivity index is 2.04. The highest BCUT2D eigenvalue weighted by molar-refractivity contribution is 6.31. The van der Waals surface area contributed by atoms with Crippen LogP contribution in [0.25, 0.3) is 11.3 Å². The Hall–Kier alpha value is -1.25. The molecular formula is C20H28ClNO. The van der Waals surface area contributed by atoms with Crippen molar-refractivity contribution in [3.8, 4) is 11.3 Å². The zero-order valence-electron chi connectivity index (χ0n) is 15.1. The third-order valence-corrected chi connectivity index (χ3v) is 4.24. The van der Waals surface area contributed by atoms with Gasteiger partial charge in [-0.2, -0.15) is 0 Å². The van der Waals surface area contributed by atoms with Crippen molar-refractivity contribution in [3.63, 3.8) is 0 Å². The minimum atomic E-state index is 0.0678. The maximum absolute atomic E-state index is 6.20. The average Bonchev–Trinajstić information content (AvgIpc) is 2.86. The number of rotatable bonds is 5. The van der Waals surface area contributed by atoms with Crippen LogP contribution < -0.4 is 5.32 Å². The lowest BCUT2D eigenvalue weighted by molar-refractivity contribution is 0.236. The van der Waals surface area contributed by atoms with E-state index in [1.54, 1.807) is 0 Å². The molecule has 1 aromatic heterocycles. The van der Waals surface area contributed by atoms with Crippen LogP contribution in [0.3, 0.4) is 0 Å². The second-order valence-corrected chi connectivity index (χ2v) is 8.61. The maximum Gasteiger partial charge on any atom is 0.134 e. The van der Waals surface area contributed by atoms with E-state index in [2.05, 4.69) is 39.9 Å². The second kappa shape index (κ2) is 6.70. The van der Waals surface area contributed by atoms with Gasteiger partial charge in [-0.15, -0.1) is 0 Å². The minimum absolute atomic E-state index is 0.0678. The Labute approximate surface area is 145 Å². The molecule has 0 aliphatic heterocycles. The van der Waals surface area contributed by atoms with Gasteiger partial charge in [-0.3, -0.25) is 0 Å². The lowest BCUT2D eigenvalue weighted by Crippen LogP contribution is -2.41. The molecule has 1 N–H and O–H groups in total. The van der Waals surface area contributed by atoms with Crippen LogP contribution >= 0.6 is 11.6 Å². The molecule has 2 aromatic rings. The van der Waals surface area contributed by atoms with E-state index in [1.807, 2.05) is 37.3 Å². The smallest absolute Gasteiger partial charge is 0.134 e. The van der Waals surface area contributed by atoms with Crippen LogP contribution in [0.1, 0.15) is 52.4 Å². The second-order valence-electron chi connectivity index (χ2n) is 8.20. The van der Waals surface area contributed by atoms with Gasteiger partial charge in [0.15, 0.2) is 0 Å². The molecule has 0 aliphatic carbocycles. The van der Waals surface area contributed by atoms with Gasteiger partial charge in [0.05, 0.1) is 6.54 Å². The molecule has 0 radical (unpaired) electrons. The van der Waals surface area contributed by atoms with Crippen LogP contribution in [0.4, 0.5) is 0 Å². The van der Waals surface area contributed by atoms with Crippen LogP contribution in [-0.2, 0) is 6.54 Å². The monoisotopic (exact) mass is 333 g/mol. The first-order valence-electron chi connectivity index (χ1n) is 8.16. The van der Waals surface area contributed by atoms with Gasteiger partial charge in [0.25, 0.3) is 0 Å². The summed E-state index contributed by atoms with van der Waals surface area (Å²) < 4.78 is 5.97. The molecule has 0 saturated carbocycles. The molecule has 0 fully saturated rings. The van der Waals surface area contributed by atoms with Crippen molar-refractivity contribution in [3.05, 3.63) is 46.7 Å². The largest absolute Gasteiger partial charge is 0.460 e. The van der Waals surface area contributed by atoms with E-state index in [0.717, 1.165) is 40.6 Å². The summed E-state index contributed by atoms with van der Waals surface area (Å²) in [6.07, 6.45) is 1.10. The third-order valence-electron chi connectivity index (χ3n) is 3.83. The SMILES string of the molecule is Cc1ccc(-c2ccc(CNC(C)(C)CC(C)(C)C)o2)cc1Cl. The molecule has 0 amide bonds. The Morgan fingerprint density at radius 2 is 1.74 bits per heavy atom. The summed E-state index contributed by atoms with van der Waals surface area (Å²) in [6.45, 7) is 14.0. The van der Waals surface area contributed by atoms with Gasteiger partial charge in [-0.1, -0.05) is 44.5 Å².